The fourth-order valence-electron chi connectivity index (χ4n) is 3.16. The molecule has 0 spiro atoms. The molecular weight excluding hydrogens is 302 g/mol. The number of hydrogen-bond acceptors (Lipinski definition) is 2. The first-order chi connectivity index (χ1) is 9.20. The molecule has 0 bridgehead atoms. The molecule has 0 saturated heterocycles. The van der Waals surface area contributed by atoms with Gasteiger partial charge in [-0.2, -0.15) is 5.10 Å². The highest BCUT2D eigenvalue weighted by Gasteiger charge is 2.40. The molecule has 0 amide bonds. The van der Waals surface area contributed by atoms with E-state index in [-0.39, 0.29) is 0 Å². The van der Waals surface area contributed by atoms with Crippen LogP contribution in [0.5, 0.6) is 0 Å². The monoisotopic (exact) mass is 325 g/mol. The molecule has 1 heterocycles. The molecule has 1 aromatic rings. The zero-order valence-corrected chi connectivity index (χ0v) is 13.5. The lowest BCUT2D eigenvalue weighted by atomic mass is 9.98. The van der Waals surface area contributed by atoms with Gasteiger partial charge in [0.15, 0.2) is 0 Å². The van der Waals surface area contributed by atoms with Crippen molar-refractivity contribution in [1.82, 2.24) is 15.1 Å². The van der Waals surface area contributed by atoms with E-state index in [1.165, 1.54) is 42.4 Å². The van der Waals surface area contributed by atoms with Crippen molar-refractivity contribution in [2.75, 3.05) is 6.54 Å². The van der Waals surface area contributed by atoms with Crippen LogP contribution >= 0.6 is 15.9 Å². The van der Waals surface area contributed by atoms with Gasteiger partial charge in [0, 0.05) is 13.1 Å². The summed E-state index contributed by atoms with van der Waals surface area (Å²) < 4.78 is 3.28. The van der Waals surface area contributed by atoms with Crippen molar-refractivity contribution >= 4 is 15.9 Å². The first-order valence-corrected chi connectivity index (χ1v) is 8.42. The van der Waals surface area contributed by atoms with E-state index in [0.717, 1.165) is 36.5 Å². The van der Waals surface area contributed by atoms with E-state index in [0.29, 0.717) is 0 Å². The summed E-state index contributed by atoms with van der Waals surface area (Å²) in [5.74, 6) is 3.00. The van der Waals surface area contributed by atoms with E-state index >= 15 is 0 Å². The van der Waals surface area contributed by atoms with Crippen LogP contribution in [0.3, 0.4) is 0 Å². The minimum atomic E-state index is 0.936. The highest BCUT2D eigenvalue weighted by Crippen LogP contribution is 2.48. The minimum Gasteiger partial charge on any atom is -0.311 e. The molecule has 4 heteroatoms. The molecular formula is C15H24BrN3. The van der Waals surface area contributed by atoms with Gasteiger partial charge < -0.3 is 5.32 Å². The van der Waals surface area contributed by atoms with Gasteiger partial charge in [0.2, 0.25) is 0 Å². The van der Waals surface area contributed by atoms with Crippen LogP contribution in [-0.4, -0.2) is 16.3 Å². The van der Waals surface area contributed by atoms with Crippen molar-refractivity contribution in [3.63, 3.8) is 0 Å². The standard InChI is InChI=1S/C15H24BrN3/c1-3-19-14(15(16)10(2)18-19)9-17-8-13(11-4-5-11)12-6-7-12/h11-13,17H,3-9H2,1-2H3. The predicted octanol–water partition coefficient (Wildman–Crippen LogP) is 3.50. The van der Waals surface area contributed by atoms with Gasteiger partial charge in [-0.05, 0) is 79.8 Å². The number of nitrogens with zero attached hydrogens (tertiary/aromatic N) is 2. The topological polar surface area (TPSA) is 29.9 Å². The Morgan fingerprint density at radius 2 is 1.95 bits per heavy atom. The summed E-state index contributed by atoms with van der Waals surface area (Å²) in [5.41, 5.74) is 2.39. The number of aromatic nitrogens is 2. The maximum absolute atomic E-state index is 4.55. The highest BCUT2D eigenvalue weighted by molar-refractivity contribution is 9.10. The lowest BCUT2D eigenvalue weighted by Crippen LogP contribution is -2.26. The van der Waals surface area contributed by atoms with E-state index in [1.807, 2.05) is 0 Å². The van der Waals surface area contributed by atoms with Gasteiger partial charge in [-0.15, -0.1) is 0 Å². The predicted molar refractivity (Wildman–Crippen MR) is 81.0 cm³/mol. The van der Waals surface area contributed by atoms with Gasteiger partial charge in [0.05, 0.1) is 15.9 Å². The van der Waals surface area contributed by atoms with Crippen LogP contribution < -0.4 is 5.32 Å². The first kappa shape index (κ1) is 13.6. The zero-order chi connectivity index (χ0) is 13.4. The lowest BCUT2D eigenvalue weighted by molar-refractivity contribution is 0.375. The quantitative estimate of drug-likeness (QED) is 0.831. The van der Waals surface area contributed by atoms with Crippen LogP contribution in [0.1, 0.15) is 44.0 Å². The van der Waals surface area contributed by atoms with Gasteiger partial charge in [-0.25, -0.2) is 0 Å². The molecule has 0 radical (unpaired) electrons. The van der Waals surface area contributed by atoms with Crippen LogP contribution in [0, 0.1) is 24.7 Å². The van der Waals surface area contributed by atoms with Gasteiger partial charge in [0.1, 0.15) is 0 Å². The molecule has 3 nitrogen and oxygen atoms in total. The average molecular weight is 326 g/mol. The Hall–Kier alpha value is -0.350. The smallest absolute Gasteiger partial charge is 0.0739 e. The van der Waals surface area contributed by atoms with Crippen molar-refractivity contribution < 1.29 is 0 Å². The Morgan fingerprint density at radius 1 is 1.32 bits per heavy atom. The summed E-state index contributed by atoms with van der Waals surface area (Å²) in [7, 11) is 0. The Bertz CT molecular complexity index is 434. The molecule has 3 rings (SSSR count). The first-order valence-electron chi connectivity index (χ1n) is 7.63. The summed E-state index contributed by atoms with van der Waals surface area (Å²) >= 11 is 3.67. The number of rotatable bonds is 7. The van der Waals surface area contributed by atoms with Crippen LogP contribution in [0.2, 0.25) is 0 Å². The van der Waals surface area contributed by atoms with Crippen LogP contribution in [0.25, 0.3) is 0 Å². The third-order valence-electron chi connectivity index (χ3n) is 4.58. The Labute approximate surface area is 124 Å². The summed E-state index contributed by atoms with van der Waals surface area (Å²) in [4.78, 5) is 0. The molecule has 1 aromatic heterocycles. The average Bonchev–Trinajstić information content (AvgIpc) is 3.27. The van der Waals surface area contributed by atoms with Crippen molar-refractivity contribution in [3.05, 3.63) is 15.9 Å². The molecule has 0 atom stereocenters. The van der Waals surface area contributed by atoms with Crippen LogP contribution in [0.4, 0.5) is 0 Å². The molecule has 19 heavy (non-hydrogen) atoms. The summed E-state index contributed by atoms with van der Waals surface area (Å²) in [6.45, 7) is 7.29. The molecule has 0 unspecified atom stereocenters. The lowest BCUT2D eigenvalue weighted by Gasteiger charge is -2.16. The van der Waals surface area contributed by atoms with Crippen molar-refractivity contribution in [1.29, 1.82) is 0 Å². The fraction of sp³-hybridized carbons (Fsp3) is 0.800. The Balaban J connectivity index is 1.56. The second-order valence-corrected chi connectivity index (χ2v) is 6.92. The van der Waals surface area contributed by atoms with Gasteiger partial charge in [-0.1, -0.05) is 0 Å². The number of nitrogens with one attached hydrogen (secondary N) is 1. The highest BCUT2D eigenvalue weighted by atomic mass is 79.9. The Kier molecular flexibility index (Phi) is 3.99. The van der Waals surface area contributed by atoms with Crippen molar-refractivity contribution in [2.24, 2.45) is 17.8 Å². The molecule has 0 aliphatic heterocycles. The third kappa shape index (κ3) is 3.05. The van der Waals surface area contributed by atoms with Gasteiger partial charge in [-0.3, -0.25) is 4.68 Å². The maximum atomic E-state index is 4.55. The molecule has 2 saturated carbocycles. The molecule has 1 N–H and O–H groups in total. The summed E-state index contributed by atoms with van der Waals surface area (Å²) in [6, 6.07) is 0. The van der Waals surface area contributed by atoms with Crippen LogP contribution in [0.15, 0.2) is 4.47 Å². The molecule has 2 aliphatic rings. The van der Waals surface area contributed by atoms with Crippen molar-refractivity contribution in [2.45, 2.75) is 52.6 Å². The normalized spacial score (nSPS) is 19.4. The van der Waals surface area contributed by atoms with E-state index < -0.39 is 0 Å². The third-order valence-corrected chi connectivity index (χ3v) is 5.61. The second kappa shape index (κ2) is 5.57. The minimum absolute atomic E-state index is 0.936. The van der Waals surface area contributed by atoms with E-state index in [2.05, 4.69) is 44.9 Å². The molecule has 0 aromatic carbocycles. The maximum Gasteiger partial charge on any atom is 0.0739 e. The largest absolute Gasteiger partial charge is 0.311 e. The zero-order valence-electron chi connectivity index (χ0n) is 12.0. The van der Waals surface area contributed by atoms with Gasteiger partial charge in [0.25, 0.3) is 0 Å². The molecule has 2 aliphatic carbocycles. The van der Waals surface area contributed by atoms with Crippen molar-refractivity contribution in [3.8, 4) is 0 Å². The number of halogens is 1. The molecule has 106 valence electrons. The number of aryl methyl sites for hydroxylation is 2. The second-order valence-electron chi connectivity index (χ2n) is 6.13. The van der Waals surface area contributed by atoms with E-state index in [4.69, 9.17) is 0 Å². The van der Waals surface area contributed by atoms with Crippen LogP contribution in [-0.2, 0) is 13.1 Å². The summed E-state index contributed by atoms with van der Waals surface area (Å²) in [6.07, 6.45) is 5.88. The van der Waals surface area contributed by atoms with E-state index in [1.54, 1.807) is 0 Å². The van der Waals surface area contributed by atoms with E-state index in [9.17, 15) is 0 Å². The number of hydrogen-bond donors (Lipinski definition) is 1. The Morgan fingerprint density at radius 3 is 2.47 bits per heavy atom. The SMILES string of the molecule is CCn1nc(C)c(Br)c1CNCC(C1CC1)C1CC1. The summed E-state index contributed by atoms with van der Waals surface area (Å²) in [5, 5.41) is 8.23. The van der Waals surface area contributed by atoms with Gasteiger partial charge >= 0.3 is 0 Å². The fourth-order valence-corrected chi connectivity index (χ4v) is 3.59. The molecule has 2 fully saturated rings.